The van der Waals surface area contributed by atoms with Gasteiger partial charge in [0.1, 0.15) is 0 Å². The maximum atomic E-state index is 13.1. The van der Waals surface area contributed by atoms with Gasteiger partial charge in [0.25, 0.3) is 0 Å². The van der Waals surface area contributed by atoms with Crippen LogP contribution in [-0.2, 0) is 12.7 Å². The fourth-order valence-corrected chi connectivity index (χ4v) is 3.02. The topological polar surface area (TPSA) is 41.6 Å². The van der Waals surface area contributed by atoms with E-state index in [0.29, 0.717) is 32.2 Å². The Morgan fingerprint density at radius 2 is 1.92 bits per heavy atom. The van der Waals surface area contributed by atoms with Gasteiger partial charge < -0.3 is 0 Å². The molecule has 3 rings (SSSR count). The van der Waals surface area contributed by atoms with Crippen molar-refractivity contribution in [3.63, 3.8) is 0 Å². The summed E-state index contributed by atoms with van der Waals surface area (Å²) in [6.45, 7) is 0.161. The lowest BCUT2D eigenvalue weighted by atomic mass is 10.1. The van der Waals surface area contributed by atoms with Crippen molar-refractivity contribution >= 4 is 40.2 Å². The Morgan fingerprint density at radius 3 is 2.58 bits per heavy atom. The third-order valence-corrected chi connectivity index (χ3v) is 4.35. The van der Waals surface area contributed by atoms with Gasteiger partial charge in [-0.2, -0.15) is 23.5 Å². The first-order valence-corrected chi connectivity index (χ1v) is 8.13. The molecule has 0 saturated carbocycles. The second-order valence-electron chi connectivity index (χ2n) is 5.47. The van der Waals surface area contributed by atoms with Crippen molar-refractivity contribution in [2.45, 2.75) is 12.7 Å². The minimum absolute atomic E-state index is 0.161. The molecule has 0 fully saturated rings. The van der Waals surface area contributed by atoms with E-state index in [1.54, 1.807) is 18.2 Å². The summed E-state index contributed by atoms with van der Waals surface area (Å²) in [5, 5.41) is 14.4. The number of halogens is 5. The predicted molar refractivity (Wildman–Crippen MR) is 94.9 cm³/mol. The molecule has 0 bridgehead atoms. The molecule has 0 N–H and O–H groups in total. The van der Waals surface area contributed by atoms with E-state index in [9.17, 15) is 13.2 Å². The van der Waals surface area contributed by atoms with Crippen molar-refractivity contribution in [1.82, 2.24) is 9.78 Å². The molecule has 8 heteroatoms. The molecule has 0 radical (unpaired) electrons. The van der Waals surface area contributed by atoms with Gasteiger partial charge in [-0.05, 0) is 42.0 Å². The minimum Gasteiger partial charge on any atom is -0.260 e. The van der Waals surface area contributed by atoms with E-state index >= 15 is 0 Å². The fraction of sp³-hybridized carbons (Fsp3) is 0.111. The van der Waals surface area contributed by atoms with Crippen LogP contribution >= 0.6 is 23.2 Å². The highest BCUT2D eigenvalue weighted by atomic mass is 35.5. The van der Waals surface area contributed by atoms with Crippen molar-refractivity contribution in [3.05, 3.63) is 69.3 Å². The van der Waals surface area contributed by atoms with Gasteiger partial charge in [0.05, 0.1) is 29.4 Å². The number of alkyl halides is 3. The quantitative estimate of drug-likeness (QED) is 0.514. The Hall–Kier alpha value is -2.49. The van der Waals surface area contributed by atoms with Crippen LogP contribution < -0.4 is 0 Å². The normalized spacial score (nSPS) is 12.0. The van der Waals surface area contributed by atoms with E-state index < -0.39 is 11.7 Å². The molecule has 3 nitrogen and oxygen atoms in total. The van der Waals surface area contributed by atoms with Crippen LogP contribution in [0.15, 0.2) is 42.5 Å². The standard InChI is InChI=1S/C18H10Cl2F3N3/c19-13-5-3-11(15(20)9-13)10-26-17-8-12(18(21,22)23)4-6-14(17)16(25-26)2-1-7-24/h1-6,8-9H,10H2/b2-1-. The van der Waals surface area contributed by atoms with Crippen LogP contribution in [-0.4, -0.2) is 9.78 Å². The number of fused-ring (bicyclic) bond motifs is 1. The van der Waals surface area contributed by atoms with Gasteiger partial charge in [0.2, 0.25) is 0 Å². The van der Waals surface area contributed by atoms with E-state index in [1.165, 1.54) is 22.9 Å². The Kier molecular flexibility index (Phi) is 4.94. The highest BCUT2D eigenvalue weighted by molar-refractivity contribution is 6.35. The number of hydrogen-bond acceptors (Lipinski definition) is 2. The smallest absolute Gasteiger partial charge is 0.260 e. The van der Waals surface area contributed by atoms with Crippen molar-refractivity contribution < 1.29 is 13.2 Å². The maximum absolute atomic E-state index is 13.1. The van der Waals surface area contributed by atoms with Gasteiger partial charge in [-0.1, -0.05) is 29.3 Å². The molecule has 132 valence electrons. The molecule has 1 heterocycles. The summed E-state index contributed by atoms with van der Waals surface area (Å²) in [7, 11) is 0. The first kappa shape index (κ1) is 18.3. The van der Waals surface area contributed by atoms with Crippen LogP contribution in [0.2, 0.25) is 10.0 Å². The Labute approximate surface area is 156 Å². The lowest BCUT2D eigenvalue weighted by molar-refractivity contribution is -0.137. The summed E-state index contributed by atoms with van der Waals surface area (Å²) < 4.78 is 40.6. The van der Waals surface area contributed by atoms with Crippen LogP contribution in [0.5, 0.6) is 0 Å². The second-order valence-corrected chi connectivity index (χ2v) is 6.31. The van der Waals surface area contributed by atoms with E-state index in [4.69, 9.17) is 28.5 Å². The number of rotatable bonds is 3. The van der Waals surface area contributed by atoms with Gasteiger partial charge in [-0.15, -0.1) is 0 Å². The molecule has 1 aromatic heterocycles. The van der Waals surface area contributed by atoms with Crippen molar-refractivity contribution in [2.75, 3.05) is 0 Å². The molecule has 3 aromatic rings. The van der Waals surface area contributed by atoms with Crippen molar-refractivity contribution in [1.29, 1.82) is 5.26 Å². The van der Waals surface area contributed by atoms with Gasteiger partial charge in [-0.3, -0.25) is 4.68 Å². The number of nitrogens with zero attached hydrogens (tertiary/aromatic N) is 3. The third-order valence-electron chi connectivity index (χ3n) is 3.76. The lowest BCUT2D eigenvalue weighted by Gasteiger charge is -2.09. The summed E-state index contributed by atoms with van der Waals surface area (Å²) in [5.74, 6) is 0. The summed E-state index contributed by atoms with van der Waals surface area (Å²) in [6, 6.07) is 10.1. The average molecular weight is 396 g/mol. The summed E-state index contributed by atoms with van der Waals surface area (Å²) in [6.07, 6.45) is -1.79. The number of aromatic nitrogens is 2. The highest BCUT2D eigenvalue weighted by Crippen LogP contribution is 2.33. The fourth-order valence-electron chi connectivity index (χ4n) is 2.55. The molecule has 0 unspecified atom stereocenters. The molecular formula is C18H10Cl2F3N3. The summed E-state index contributed by atoms with van der Waals surface area (Å²) in [4.78, 5) is 0. The minimum atomic E-state index is -4.47. The monoisotopic (exact) mass is 395 g/mol. The number of benzene rings is 2. The SMILES string of the molecule is N#C/C=C\c1nn(Cc2ccc(Cl)cc2Cl)c2cc(C(F)(F)F)ccc12. The first-order valence-electron chi connectivity index (χ1n) is 7.37. The molecular weight excluding hydrogens is 386 g/mol. The second kappa shape index (κ2) is 7.02. The highest BCUT2D eigenvalue weighted by Gasteiger charge is 2.31. The molecule has 0 saturated heterocycles. The third kappa shape index (κ3) is 3.69. The largest absolute Gasteiger partial charge is 0.416 e. The van der Waals surface area contributed by atoms with Crippen molar-refractivity contribution in [3.8, 4) is 6.07 Å². The number of nitriles is 1. The van der Waals surface area contributed by atoms with Gasteiger partial charge >= 0.3 is 6.18 Å². The van der Waals surface area contributed by atoms with E-state index in [1.807, 2.05) is 6.07 Å². The van der Waals surface area contributed by atoms with Crippen LogP contribution in [0, 0.1) is 11.3 Å². The van der Waals surface area contributed by atoms with Gasteiger partial charge in [-0.25, -0.2) is 0 Å². The molecule has 0 amide bonds. The molecule has 0 aliphatic heterocycles. The zero-order chi connectivity index (χ0) is 18.9. The van der Waals surface area contributed by atoms with E-state index in [0.717, 1.165) is 12.1 Å². The Morgan fingerprint density at radius 1 is 1.15 bits per heavy atom. The predicted octanol–water partition coefficient (Wildman–Crippen LogP) is 5.95. The number of hydrogen-bond donors (Lipinski definition) is 0. The van der Waals surface area contributed by atoms with E-state index in [-0.39, 0.29) is 6.54 Å². The van der Waals surface area contributed by atoms with Crippen molar-refractivity contribution in [2.24, 2.45) is 0 Å². The lowest BCUT2D eigenvalue weighted by Crippen LogP contribution is -2.06. The first-order chi connectivity index (χ1) is 12.3. The summed E-state index contributed by atoms with van der Waals surface area (Å²) >= 11 is 12.0. The molecule has 0 spiro atoms. The van der Waals surface area contributed by atoms with Crippen LogP contribution in [0.25, 0.3) is 17.0 Å². The zero-order valence-electron chi connectivity index (χ0n) is 13.1. The number of allylic oxidation sites excluding steroid dienone is 1. The molecule has 0 aliphatic carbocycles. The molecule has 0 atom stereocenters. The van der Waals surface area contributed by atoms with Gasteiger partial charge in [0.15, 0.2) is 0 Å². The molecule has 0 aliphatic rings. The van der Waals surface area contributed by atoms with Crippen LogP contribution in [0.1, 0.15) is 16.8 Å². The van der Waals surface area contributed by atoms with E-state index in [2.05, 4.69) is 5.10 Å². The average Bonchev–Trinajstić information content (AvgIpc) is 2.92. The Balaban J connectivity index is 2.16. The van der Waals surface area contributed by atoms with Crippen LogP contribution in [0.3, 0.4) is 0 Å². The van der Waals surface area contributed by atoms with Gasteiger partial charge in [0, 0.05) is 21.5 Å². The Bertz CT molecular complexity index is 1050. The summed E-state index contributed by atoms with van der Waals surface area (Å²) in [5.41, 5.74) is 0.585. The molecule has 2 aromatic carbocycles. The maximum Gasteiger partial charge on any atom is 0.416 e. The molecule has 26 heavy (non-hydrogen) atoms. The zero-order valence-corrected chi connectivity index (χ0v) is 14.6. The van der Waals surface area contributed by atoms with Crippen LogP contribution in [0.4, 0.5) is 13.2 Å².